The summed E-state index contributed by atoms with van der Waals surface area (Å²) in [6.07, 6.45) is -5.67. The smallest absolute Gasteiger partial charge is 0.475 e. The quantitative estimate of drug-likeness (QED) is 0.0546. The summed E-state index contributed by atoms with van der Waals surface area (Å²) >= 11 is 0. The summed E-state index contributed by atoms with van der Waals surface area (Å²) in [7, 11) is -5.55. The molecule has 4 heterocycles. The molecular weight excluding hydrogens is 729 g/mol. The van der Waals surface area contributed by atoms with Gasteiger partial charge in [0.05, 0.1) is 31.0 Å². The number of amides is 1. The zero-order valence-electron chi connectivity index (χ0n) is 29.2. The van der Waals surface area contributed by atoms with Gasteiger partial charge in [0.15, 0.2) is 6.23 Å². The Bertz CT molecular complexity index is 1650. The predicted molar refractivity (Wildman–Crippen MR) is 178 cm³/mol. The number of phosphoric acid groups is 1. The number of aromatic nitrogens is 5. The van der Waals surface area contributed by atoms with Gasteiger partial charge in [-0.3, -0.25) is 13.9 Å². The number of anilines is 1. The van der Waals surface area contributed by atoms with Gasteiger partial charge in [-0.15, -0.1) is 5.10 Å². The van der Waals surface area contributed by atoms with E-state index >= 15 is 0 Å². The molecule has 10 N–H and O–H groups in total. The second kappa shape index (κ2) is 18.3. The summed E-state index contributed by atoms with van der Waals surface area (Å²) < 4.78 is 36.0. The lowest BCUT2D eigenvalue weighted by molar-refractivity contribution is -0.288. The first kappa shape index (κ1) is 42.3. The number of hydrogen-bond donors (Lipinski definition) is 9. The molecule has 2 saturated heterocycles. The number of aliphatic hydroxyl groups is 5. The van der Waals surface area contributed by atoms with Crippen LogP contribution < -0.4 is 16.7 Å². The van der Waals surface area contributed by atoms with Crippen molar-refractivity contribution in [2.24, 2.45) is 0 Å². The van der Waals surface area contributed by atoms with Crippen molar-refractivity contribution in [1.82, 2.24) is 29.9 Å². The van der Waals surface area contributed by atoms with E-state index in [2.05, 4.69) is 27.5 Å². The number of nitrogens with one attached hydrogen (secondary N) is 1. The molecule has 1 amide bonds. The number of nitrogens with zero attached hydrogens (tertiary/aromatic N) is 5. The number of hydrogen-bond acceptors (Lipinski definition) is 17. The molecule has 0 bridgehead atoms. The van der Waals surface area contributed by atoms with E-state index in [0.717, 1.165) is 56.2 Å². The lowest BCUT2D eigenvalue weighted by Crippen LogP contribution is -2.67. The average molecular weight is 778 g/mol. The number of carbonyl (C=O) groups is 2. The van der Waals surface area contributed by atoms with E-state index in [9.17, 15) is 54.5 Å². The average Bonchev–Trinajstić information content (AvgIpc) is 3.64. The van der Waals surface area contributed by atoms with Crippen LogP contribution in [0.1, 0.15) is 70.7 Å². The van der Waals surface area contributed by atoms with Crippen molar-refractivity contribution in [3.05, 3.63) is 34.6 Å². The van der Waals surface area contributed by atoms with Gasteiger partial charge in [0.25, 0.3) is 5.79 Å². The van der Waals surface area contributed by atoms with E-state index in [1.54, 1.807) is 6.20 Å². The minimum absolute atomic E-state index is 0.129. The van der Waals surface area contributed by atoms with E-state index in [1.165, 1.54) is 10.7 Å². The minimum atomic E-state index is -5.55. The number of aliphatic hydroxyl groups excluding tert-OH is 5. The molecule has 2 fully saturated rings. The Balaban J connectivity index is 1.45. The zero-order chi connectivity index (χ0) is 39.1. The van der Waals surface area contributed by atoms with E-state index < -0.39 is 99.2 Å². The third kappa shape index (κ3) is 10.9. The van der Waals surface area contributed by atoms with Gasteiger partial charge in [0.2, 0.25) is 5.91 Å². The van der Waals surface area contributed by atoms with Crippen LogP contribution in [0.4, 0.5) is 5.82 Å². The second-order valence-corrected chi connectivity index (χ2v) is 14.5. The third-order valence-electron chi connectivity index (χ3n) is 8.87. The molecule has 298 valence electrons. The molecular formula is C30H48N7O15P. The van der Waals surface area contributed by atoms with Gasteiger partial charge in [0, 0.05) is 25.7 Å². The van der Waals surface area contributed by atoms with Gasteiger partial charge in [-0.2, -0.15) is 4.98 Å². The topological polar surface area (TPSA) is 333 Å². The molecule has 0 spiro atoms. The maximum atomic E-state index is 13.1. The summed E-state index contributed by atoms with van der Waals surface area (Å²) in [6, 6.07) is -0.326. The number of nitrogen functional groups attached to an aromatic ring is 1. The Hall–Kier alpha value is -3.41. The monoisotopic (exact) mass is 777 g/mol. The number of carbonyl (C=O) groups excluding carboxylic acids is 1. The number of carboxylic acids is 1. The molecule has 2 aliphatic heterocycles. The Morgan fingerprint density at radius 2 is 1.87 bits per heavy atom. The molecule has 0 radical (unpaired) electrons. The van der Waals surface area contributed by atoms with Gasteiger partial charge in [-0.1, -0.05) is 44.2 Å². The molecule has 22 nitrogen and oxygen atoms in total. The van der Waals surface area contributed by atoms with Crippen molar-refractivity contribution >= 4 is 25.5 Å². The van der Waals surface area contributed by atoms with Gasteiger partial charge in [0.1, 0.15) is 42.4 Å². The van der Waals surface area contributed by atoms with Gasteiger partial charge in [-0.05, 0) is 18.9 Å². The highest BCUT2D eigenvalue weighted by atomic mass is 31.2. The van der Waals surface area contributed by atoms with Crippen molar-refractivity contribution in [3.63, 3.8) is 0 Å². The lowest BCUT2D eigenvalue weighted by Gasteiger charge is -2.46. The number of rotatable bonds is 19. The molecule has 53 heavy (non-hydrogen) atoms. The molecule has 2 aromatic heterocycles. The summed E-state index contributed by atoms with van der Waals surface area (Å²) in [5.41, 5.74) is 5.16. The van der Waals surface area contributed by atoms with Crippen LogP contribution in [-0.2, 0) is 45.6 Å². The molecule has 0 aliphatic carbocycles. The fraction of sp³-hybridized carbons (Fsp3) is 0.733. The summed E-state index contributed by atoms with van der Waals surface area (Å²) in [5, 5.41) is 74.6. The zero-order valence-corrected chi connectivity index (χ0v) is 30.1. The maximum Gasteiger partial charge on any atom is 0.475 e. The largest absolute Gasteiger partial charge is 0.477 e. The molecule has 0 saturated carbocycles. The second-order valence-electron chi connectivity index (χ2n) is 13.1. The first-order valence-electron chi connectivity index (χ1n) is 17.1. The first-order valence-corrected chi connectivity index (χ1v) is 18.6. The third-order valence-corrected chi connectivity index (χ3v) is 9.87. The number of nitrogens with two attached hydrogens (primary N) is 1. The molecule has 23 heteroatoms. The van der Waals surface area contributed by atoms with Crippen molar-refractivity contribution < 1.29 is 68.2 Å². The normalized spacial score (nSPS) is 29.7. The van der Waals surface area contributed by atoms with Crippen molar-refractivity contribution in [1.29, 1.82) is 0 Å². The van der Waals surface area contributed by atoms with Crippen LogP contribution in [0.5, 0.6) is 0 Å². The summed E-state index contributed by atoms with van der Waals surface area (Å²) in [4.78, 5) is 50.9. The molecule has 0 aromatic carbocycles. The fourth-order valence-corrected chi connectivity index (χ4v) is 7.09. The Morgan fingerprint density at radius 1 is 1.17 bits per heavy atom. The van der Waals surface area contributed by atoms with Crippen LogP contribution in [-0.4, -0.2) is 133 Å². The number of carboxylic acid groups (broad SMARTS) is 1. The Morgan fingerprint density at radius 3 is 2.53 bits per heavy atom. The number of phosphoric ester groups is 1. The van der Waals surface area contributed by atoms with Crippen LogP contribution in [0.2, 0.25) is 0 Å². The summed E-state index contributed by atoms with van der Waals surface area (Å²) in [5.74, 6) is -6.12. The van der Waals surface area contributed by atoms with Crippen LogP contribution in [0, 0.1) is 0 Å². The van der Waals surface area contributed by atoms with Crippen molar-refractivity contribution in [2.75, 3.05) is 12.3 Å². The predicted octanol–water partition coefficient (Wildman–Crippen LogP) is -2.07. The highest BCUT2D eigenvalue weighted by Gasteiger charge is 2.59. The number of unbranched alkanes of at least 4 members (excludes halogenated alkanes) is 5. The summed E-state index contributed by atoms with van der Waals surface area (Å²) in [6.45, 7) is 1.81. The van der Waals surface area contributed by atoms with Gasteiger partial charge < -0.3 is 56.1 Å². The SMILES string of the molecule is CCCCCCCCc1cn(C[C@@H](O)[C@@H](O)[C@@H]2O[C@](OP(=O)(O)OC[C@H]3O[C@@H](n4ccc(N)nc4=O)[C@H](O)[C@@H]3O)(C(=O)O)C[C@H](O)[C@H]2NC(C)=O)nn1. The molecule has 2 aliphatic rings. The molecule has 4 rings (SSSR count). The Labute approximate surface area is 303 Å². The number of ether oxygens (including phenoxy) is 2. The highest BCUT2D eigenvalue weighted by molar-refractivity contribution is 7.47. The van der Waals surface area contributed by atoms with E-state index in [4.69, 9.17) is 24.3 Å². The lowest BCUT2D eigenvalue weighted by atomic mass is 9.88. The number of aliphatic carboxylic acids is 1. The van der Waals surface area contributed by atoms with Gasteiger partial charge in [-0.25, -0.2) is 23.4 Å². The fourth-order valence-electron chi connectivity index (χ4n) is 6.14. The highest BCUT2D eigenvalue weighted by Crippen LogP contribution is 2.51. The minimum Gasteiger partial charge on any atom is -0.477 e. The maximum absolute atomic E-state index is 13.1. The Kier molecular flexibility index (Phi) is 14.6. The standard InChI is InChI=1S/C30H48N7O15P/c1-3-4-5-6-7-8-9-17-13-36(35-34-17)14-19(40)23(41)26-22(32-16(2)38)18(39)12-30(51-26,28(44)45)52-53(47,48)49-15-20-24(42)25(43)27(50-20)37-11-10-21(31)33-29(37)46/h10-11,13,18-20,22-27,39-43H,3-9,12,14-15H2,1-2H3,(H,32,38)(H,44,45)(H,47,48)(H2,31,33,46)/t18-,19+,20+,22+,23+,24+,25+,26+,27+,30+/m0/s1. The van der Waals surface area contributed by atoms with E-state index in [0.29, 0.717) is 12.1 Å². The van der Waals surface area contributed by atoms with Crippen LogP contribution in [0.15, 0.2) is 23.3 Å². The first-order chi connectivity index (χ1) is 25.0. The van der Waals surface area contributed by atoms with Crippen molar-refractivity contribution in [2.45, 2.75) is 133 Å². The van der Waals surface area contributed by atoms with Crippen LogP contribution >= 0.6 is 7.82 Å². The van der Waals surface area contributed by atoms with Gasteiger partial charge >= 0.3 is 19.5 Å². The van der Waals surface area contributed by atoms with Crippen LogP contribution in [0.25, 0.3) is 0 Å². The van der Waals surface area contributed by atoms with Crippen molar-refractivity contribution in [3.8, 4) is 0 Å². The van der Waals surface area contributed by atoms with E-state index in [1.807, 2.05) is 0 Å². The molecule has 2 aromatic rings. The number of aryl methyl sites for hydroxylation is 1. The molecule has 1 unspecified atom stereocenters. The van der Waals surface area contributed by atoms with E-state index in [-0.39, 0.29) is 12.4 Å². The molecule has 11 atom stereocenters. The van der Waals surface area contributed by atoms with Crippen LogP contribution in [0.3, 0.4) is 0 Å².